The molecule has 3 rings (SSSR count). The van der Waals surface area contributed by atoms with E-state index in [1.807, 2.05) is 36.7 Å². The number of aryl methyl sites for hydroxylation is 1. The average molecular weight is 331 g/mol. The Morgan fingerprint density at radius 1 is 1.48 bits per heavy atom. The third kappa shape index (κ3) is 4.86. The number of hydrogen-bond donors (Lipinski definition) is 1. The van der Waals surface area contributed by atoms with Crippen LogP contribution in [0.1, 0.15) is 29.7 Å². The van der Waals surface area contributed by atoms with Crippen molar-refractivity contribution in [2.45, 2.75) is 32.5 Å². The molecule has 1 N–H and O–H groups in total. The van der Waals surface area contributed by atoms with Crippen LogP contribution in [0.3, 0.4) is 0 Å². The van der Waals surface area contributed by atoms with Crippen molar-refractivity contribution in [3.63, 3.8) is 0 Å². The van der Waals surface area contributed by atoms with Crippen LogP contribution in [0.2, 0.25) is 0 Å². The molecule has 1 unspecified atom stereocenters. The van der Waals surface area contributed by atoms with Crippen LogP contribution in [0.25, 0.3) is 0 Å². The van der Waals surface area contributed by atoms with Gasteiger partial charge in [0.15, 0.2) is 0 Å². The van der Waals surface area contributed by atoms with E-state index in [1.54, 1.807) is 11.3 Å². The number of rotatable bonds is 7. The van der Waals surface area contributed by atoms with Crippen molar-refractivity contribution in [1.29, 1.82) is 0 Å². The van der Waals surface area contributed by atoms with Gasteiger partial charge in [-0.05, 0) is 25.3 Å². The smallest absolute Gasteiger partial charge is 0.203 e. The first-order valence-electron chi connectivity index (χ1n) is 7.80. The van der Waals surface area contributed by atoms with E-state index in [0.29, 0.717) is 13.2 Å². The molecule has 1 aliphatic rings. The molecule has 1 aromatic carbocycles. The van der Waals surface area contributed by atoms with Gasteiger partial charge in [0.05, 0.1) is 31.2 Å². The van der Waals surface area contributed by atoms with Gasteiger partial charge in [-0.25, -0.2) is 4.98 Å². The Balaban J connectivity index is 1.54. The van der Waals surface area contributed by atoms with Gasteiger partial charge in [-0.1, -0.05) is 24.3 Å². The summed E-state index contributed by atoms with van der Waals surface area (Å²) in [5.74, 6) is 0. The summed E-state index contributed by atoms with van der Waals surface area (Å²) in [5.41, 5.74) is 6.11. The molecule has 0 spiro atoms. The van der Waals surface area contributed by atoms with Gasteiger partial charge >= 0.3 is 0 Å². The second-order valence-electron chi connectivity index (χ2n) is 5.51. The van der Waals surface area contributed by atoms with Crippen molar-refractivity contribution in [3.8, 4) is 0 Å². The molecule has 1 fully saturated rings. The molecule has 0 bridgehead atoms. The molecule has 0 aliphatic carbocycles. The highest BCUT2D eigenvalue weighted by Crippen LogP contribution is 2.15. The molecule has 1 aromatic heterocycles. The SMILES string of the molecule is Cc1csc(NN=Cc2ccccc2COCC2CCCO2)n1. The molecule has 1 saturated heterocycles. The molecule has 23 heavy (non-hydrogen) atoms. The third-order valence-electron chi connectivity index (χ3n) is 3.62. The topological polar surface area (TPSA) is 55.7 Å². The van der Waals surface area contributed by atoms with Crippen LogP contribution < -0.4 is 5.43 Å². The fourth-order valence-electron chi connectivity index (χ4n) is 2.43. The Morgan fingerprint density at radius 3 is 3.17 bits per heavy atom. The van der Waals surface area contributed by atoms with Crippen LogP contribution in [0.4, 0.5) is 5.13 Å². The van der Waals surface area contributed by atoms with Crippen LogP contribution >= 0.6 is 11.3 Å². The highest BCUT2D eigenvalue weighted by atomic mass is 32.1. The standard InChI is InChI=1S/C17H21N3O2S/c1-13-12-23-17(19-13)20-18-9-14-5-2-3-6-15(14)10-21-11-16-7-4-8-22-16/h2-3,5-6,9,12,16H,4,7-8,10-11H2,1H3,(H,19,20). The lowest BCUT2D eigenvalue weighted by atomic mass is 10.1. The first-order chi connectivity index (χ1) is 11.3. The summed E-state index contributed by atoms with van der Waals surface area (Å²) in [4.78, 5) is 4.31. The van der Waals surface area contributed by atoms with Gasteiger partial charge in [-0.15, -0.1) is 11.3 Å². The van der Waals surface area contributed by atoms with Crippen molar-refractivity contribution >= 4 is 22.7 Å². The maximum absolute atomic E-state index is 5.79. The Morgan fingerprint density at radius 2 is 2.39 bits per heavy atom. The number of aromatic nitrogens is 1. The molecule has 1 atom stereocenters. The summed E-state index contributed by atoms with van der Waals surface area (Å²) in [6.45, 7) is 4.05. The summed E-state index contributed by atoms with van der Waals surface area (Å²) >= 11 is 1.54. The predicted molar refractivity (Wildman–Crippen MR) is 93.1 cm³/mol. The lowest BCUT2D eigenvalue weighted by Crippen LogP contribution is -2.14. The van der Waals surface area contributed by atoms with Crippen molar-refractivity contribution in [2.75, 3.05) is 18.6 Å². The Hall–Kier alpha value is -1.76. The monoisotopic (exact) mass is 331 g/mol. The molecule has 0 saturated carbocycles. The maximum Gasteiger partial charge on any atom is 0.203 e. The second-order valence-corrected chi connectivity index (χ2v) is 6.37. The van der Waals surface area contributed by atoms with Crippen molar-refractivity contribution < 1.29 is 9.47 Å². The van der Waals surface area contributed by atoms with Crippen molar-refractivity contribution in [3.05, 3.63) is 46.5 Å². The lowest BCUT2D eigenvalue weighted by molar-refractivity contribution is 0.0106. The van der Waals surface area contributed by atoms with E-state index in [0.717, 1.165) is 41.4 Å². The number of hydrogen-bond acceptors (Lipinski definition) is 6. The maximum atomic E-state index is 5.79. The van der Waals surface area contributed by atoms with E-state index in [9.17, 15) is 0 Å². The van der Waals surface area contributed by atoms with E-state index in [-0.39, 0.29) is 6.10 Å². The number of benzene rings is 1. The molecule has 2 aromatic rings. The molecule has 6 heteroatoms. The van der Waals surface area contributed by atoms with E-state index < -0.39 is 0 Å². The van der Waals surface area contributed by atoms with Gasteiger partial charge in [0.1, 0.15) is 0 Å². The van der Waals surface area contributed by atoms with Gasteiger partial charge in [0.2, 0.25) is 5.13 Å². The van der Waals surface area contributed by atoms with Gasteiger partial charge in [0.25, 0.3) is 0 Å². The highest BCUT2D eigenvalue weighted by Gasteiger charge is 2.15. The van der Waals surface area contributed by atoms with E-state index >= 15 is 0 Å². The minimum atomic E-state index is 0.255. The highest BCUT2D eigenvalue weighted by molar-refractivity contribution is 7.13. The van der Waals surface area contributed by atoms with Crippen LogP contribution in [0, 0.1) is 6.92 Å². The first-order valence-corrected chi connectivity index (χ1v) is 8.67. The van der Waals surface area contributed by atoms with Crippen LogP contribution in [-0.2, 0) is 16.1 Å². The Bertz CT molecular complexity index is 651. The molecule has 2 heterocycles. The molecular weight excluding hydrogens is 310 g/mol. The second kappa shape index (κ2) is 8.19. The normalized spacial score (nSPS) is 17.9. The quantitative estimate of drug-likeness (QED) is 0.622. The number of thiazole rings is 1. The number of hydrazone groups is 1. The minimum absolute atomic E-state index is 0.255. The van der Waals surface area contributed by atoms with Gasteiger partial charge < -0.3 is 9.47 Å². The van der Waals surface area contributed by atoms with E-state index in [1.165, 1.54) is 0 Å². The van der Waals surface area contributed by atoms with Crippen molar-refractivity contribution in [1.82, 2.24) is 4.98 Å². The van der Waals surface area contributed by atoms with Gasteiger partial charge in [0, 0.05) is 17.6 Å². The summed E-state index contributed by atoms with van der Waals surface area (Å²) in [6.07, 6.45) is 4.30. The molecule has 0 radical (unpaired) electrons. The summed E-state index contributed by atoms with van der Waals surface area (Å²) in [5, 5.41) is 7.05. The summed E-state index contributed by atoms with van der Waals surface area (Å²) < 4.78 is 11.4. The lowest BCUT2D eigenvalue weighted by Gasteiger charge is -2.11. The summed E-state index contributed by atoms with van der Waals surface area (Å²) in [7, 11) is 0. The molecule has 5 nitrogen and oxygen atoms in total. The predicted octanol–water partition coefficient (Wildman–Crippen LogP) is 3.59. The van der Waals surface area contributed by atoms with Gasteiger partial charge in [-0.3, -0.25) is 5.43 Å². The number of ether oxygens (including phenoxy) is 2. The van der Waals surface area contributed by atoms with Crippen LogP contribution in [0.15, 0.2) is 34.7 Å². The minimum Gasteiger partial charge on any atom is -0.376 e. The summed E-state index contributed by atoms with van der Waals surface area (Å²) in [6, 6.07) is 8.10. The largest absolute Gasteiger partial charge is 0.376 e. The fraction of sp³-hybridized carbons (Fsp3) is 0.412. The first kappa shape index (κ1) is 16.1. The van der Waals surface area contributed by atoms with E-state index in [2.05, 4.69) is 21.6 Å². The van der Waals surface area contributed by atoms with Crippen molar-refractivity contribution in [2.24, 2.45) is 5.10 Å². The van der Waals surface area contributed by atoms with Gasteiger partial charge in [-0.2, -0.15) is 5.10 Å². The molecule has 0 amide bonds. The zero-order chi connectivity index (χ0) is 15.9. The third-order valence-corrected chi connectivity index (χ3v) is 4.49. The van der Waals surface area contributed by atoms with E-state index in [4.69, 9.17) is 9.47 Å². The molecule has 122 valence electrons. The van der Waals surface area contributed by atoms with Crippen LogP contribution in [0.5, 0.6) is 0 Å². The zero-order valence-electron chi connectivity index (χ0n) is 13.2. The number of nitrogens with zero attached hydrogens (tertiary/aromatic N) is 2. The Labute approximate surface area is 140 Å². The zero-order valence-corrected chi connectivity index (χ0v) is 14.0. The fourth-order valence-corrected chi connectivity index (χ4v) is 3.07. The number of anilines is 1. The molecule has 1 aliphatic heterocycles. The number of nitrogens with one attached hydrogen (secondary N) is 1. The average Bonchev–Trinajstić information content (AvgIpc) is 3.21. The Kier molecular flexibility index (Phi) is 5.74. The molecular formula is C17H21N3O2S. The van der Waals surface area contributed by atoms with Crippen LogP contribution in [-0.4, -0.2) is 30.5 Å².